The van der Waals surface area contributed by atoms with Crippen molar-refractivity contribution in [1.29, 1.82) is 0 Å². The summed E-state index contributed by atoms with van der Waals surface area (Å²) >= 11 is -5.35. The monoisotopic (exact) mass is 302 g/mol. The van der Waals surface area contributed by atoms with Gasteiger partial charge >= 0.3 is 62.8 Å². The Morgan fingerprint density at radius 1 is 1.08 bits per heavy atom. The van der Waals surface area contributed by atoms with E-state index in [1.165, 1.54) is 0 Å². The quantitative estimate of drug-likeness (QED) is 0.347. The molecular weight excluding hydrogens is 293 g/mol. The van der Waals surface area contributed by atoms with Crippen molar-refractivity contribution in [3.8, 4) is 0 Å². The van der Waals surface area contributed by atoms with Crippen molar-refractivity contribution in [2.45, 2.75) is 0 Å². The molecule has 1 aromatic rings. The average molecular weight is 303 g/mol. The van der Waals surface area contributed by atoms with E-state index in [9.17, 15) is 0 Å². The molecule has 0 fully saturated rings. The molecule has 0 aliphatic carbocycles. The molecule has 13 heavy (non-hydrogen) atoms. The third-order valence-corrected chi connectivity index (χ3v) is 0.843. The van der Waals surface area contributed by atoms with Gasteiger partial charge in [-0.3, -0.25) is 0 Å². The Bertz CT molecular complexity index is 250. The summed E-state index contributed by atoms with van der Waals surface area (Å²) in [5.41, 5.74) is 1.07. The molecule has 0 aliphatic rings. The van der Waals surface area contributed by atoms with Crippen molar-refractivity contribution < 1.29 is 42.7 Å². The SMILES string of the molecule is [CH2-]c1ccccc1.[Na+].[O]=[Sb]([OH])([OH])[OH]. The van der Waals surface area contributed by atoms with Crippen LogP contribution in [0.3, 0.4) is 0 Å². The summed E-state index contributed by atoms with van der Waals surface area (Å²) in [6.07, 6.45) is 0. The standard InChI is InChI=1S/C7H7.Na.3H2O.O.Sb/c1-7-5-3-2-4-6-7;;;;;;/h2-6H,1H2;;3*1H2;;/q-1;+1;;;;;+3/p-3. The molecule has 3 N–H and O–H groups in total. The summed E-state index contributed by atoms with van der Waals surface area (Å²) in [7, 11) is 0. The van der Waals surface area contributed by atoms with E-state index in [0.717, 1.165) is 5.56 Å². The van der Waals surface area contributed by atoms with E-state index in [2.05, 4.69) is 6.92 Å². The van der Waals surface area contributed by atoms with Gasteiger partial charge in [-0.15, -0.1) is 12.1 Å². The normalized spacial score (nSPS) is 9.15. The minimum absolute atomic E-state index is 0. The first-order chi connectivity index (χ1) is 5.39. The Morgan fingerprint density at radius 3 is 1.54 bits per heavy atom. The van der Waals surface area contributed by atoms with E-state index in [1.807, 2.05) is 30.3 Å². The van der Waals surface area contributed by atoms with Gasteiger partial charge in [-0.25, -0.2) is 0 Å². The van der Waals surface area contributed by atoms with Crippen molar-refractivity contribution in [1.82, 2.24) is 0 Å². The van der Waals surface area contributed by atoms with E-state index in [-0.39, 0.29) is 29.6 Å². The van der Waals surface area contributed by atoms with E-state index in [1.54, 1.807) is 0 Å². The van der Waals surface area contributed by atoms with Gasteiger partial charge in [0.15, 0.2) is 0 Å². The van der Waals surface area contributed by atoms with Gasteiger partial charge in [0.25, 0.3) is 0 Å². The fraction of sp³-hybridized carbons (Fsp3) is 0. The first-order valence-corrected chi connectivity index (χ1v) is 7.51. The number of hydrogen-bond acceptors (Lipinski definition) is 1. The van der Waals surface area contributed by atoms with Crippen LogP contribution in [0.1, 0.15) is 5.56 Å². The zero-order valence-corrected chi connectivity index (χ0v) is 11.8. The van der Waals surface area contributed by atoms with Crippen LogP contribution in [-0.4, -0.2) is 30.2 Å². The Morgan fingerprint density at radius 2 is 1.38 bits per heavy atom. The summed E-state index contributed by atoms with van der Waals surface area (Å²) in [6.45, 7) is 3.72. The Balaban J connectivity index is 0. The third-order valence-electron chi connectivity index (χ3n) is 0.843. The van der Waals surface area contributed by atoms with Crippen LogP contribution in [0.2, 0.25) is 0 Å². The van der Waals surface area contributed by atoms with Gasteiger partial charge < -0.3 is 0 Å². The second-order valence-electron chi connectivity index (χ2n) is 2.00. The van der Waals surface area contributed by atoms with Gasteiger partial charge in [-0.05, 0) is 0 Å². The van der Waals surface area contributed by atoms with Crippen molar-refractivity contribution >= 4 is 20.1 Å². The molecule has 0 spiro atoms. The summed E-state index contributed by atoms with van der Waals surface area (Å²) in [6, 6.07) is 9.87. The predicted octanol–water partition coefficient (Wildman–Crippen LogP) is -3.30. The zero-order valence-electron chi connectivity index (χ0n) is 7.29. The van der Waals surface area contributed by atoms with E-state index >= 15 is 0 Å². The molecule has 1 aromatic carbocycles. The predicted molar refractivity (Wildman–Crippen MR) is 44.0 cm³/mol. The number of rotatable bonds is 0. The maximum atomic E-state index is 8.97. The molecule has 0 aromatic heterocycles. The molecule has 0 saturated heterocycles. The summed E-state index contributed by atoms with van der Waals surface area (Å²) in [5, 5.41) is 0. The van der Waals surface area contributed by atoms with Crippen molar-refractivity contribution in [2.24, 2.45) is 0 Å². The molecule has 0 unspecified atom stereocenters. The van der Waals surface area contributed by atoms with Gasteiger partial charge in [0.1, 0.15) is 0 Å². The molecule has 0 atom stereocenters. The first-order valence-electron chi connectivity index (χ1n) is 3.05. The molecular formula is C7H10NaO4Sb. The topological polar surface area (TPSA) is 77.8 Å². The molecule has 0 saturated carbocycles. The van der Waals surface area contributed by atoms with Crippen molar-refractivity contribution in [3.05, 3.63) is 42.8 Å². The van der Waals surface area contributed by atoms with Crippen molar-refractivity contribution in [2.75, 3.05) is 0 Å². The molecule has 4 nitrogen and oxygen atoms in total. The summed E-state index contributed by atoms with van der Waals surface area (Å²) in [5.74, 6) is 0. The fourth-order valence-corrected chi connectivity index (χ4v) is 0.478. The zero-order chi connectivity index (χ0) is 9.61. The van der Waals surface area contributed by atoms with Gasteiger partial charge in [-0.2, -0.15) is 24.6 Å². The van der Waals surface area contributed by atoms with Crippen molar-refractivity contribution in [3.63, 3.8) is 0 Å². The average Bonchev–Trinajstić information content (AvgIpc) is 1.85. The molecule has 0 radical (unpaired) electrons. The summed E-state index contributed by atoms with van der Waals surface area (Å²) in [4.78, 5) is 0. The Kier molecular flexibility index (Phi) is 9.80. The second-order valence-corrected chi connectivity index (χ2v) is 4.93. The molecule has 0 amide bonds. The molecule has 0 heterocycles. The molecule has 0 bridgehead atoms. The maximum absolute atomic E-state index is 8.97. The second kappa shape index (κ2) is 7.94. The van der Waals surface area contributed by atoms with E-state index in [0.29, 0.717) is 0 Å². The van der Waals surface area contributed by atoms with Crippen LogP contribution in [0.25, 0.3) is 0 Å². The minimum atomic E-state index is -5.35. The van der Waals surface area contributed by atoms with Crippen LogP contribution < -0.4 is 29.6 Å². The van der Waals surface area contributed by atoms with E-state index < -0.39 is 20.1 Å². The van der Waals surface area contributed by atoms with Gasteiger partial charge in [-0.1, -0.05) is 6.07 Å². The van der Waals surface area contributed by atoms with Gasteiger partial charge in [0.2, 0.25) is 0 Å². The molecule has 68 valence electrons. The van der Waals surface area contributed by atoms with Gasteiger partial charge in [0, 0.05) is 0 Å². The Hall–Kier alpha value is 0.588. The van der Waals surface area contributed by atoms with Crippen LogP contribution >= 0.6 is 0 Å². The summed E-state index contributed by atoms with van der Waals surface area (Å²) < 4.78 is 30.8. The molecule has 6 heteroatoms. The number of benzene rings is 1. The van der Waals surface area contributed by atoms with E-state index in [4.69, 9.17) is 13.2 Å². The molecule has 0 aliphatic heterocycles. The molecule has 1 rings (SSSR count). The Labute approximate surface area is 105 Å². The van der Waals surface area contributed by atoms with Crippen LogP contribution in [0.5, 0.6) is 0 Å². The first kappa shape index (κ1) is 16.0. The van der Waals surface area contributed by atoms with Crippen LogP contribution in [0, 0.1) is 6.92 Å². The fourth-order valence-electron chi connectivity index (χ4n) is 0.478. The third kappa shape index (κ3) is 19.1. The van der Waals surface area contributed by atoms with Gasteiger partial charge in [0.05, 0.1) is 0 Å². The number of hydrogen-bond donors (Lipinski definition) is 3. The van der Waals surface area contributed by atoms with Crippen LogP contribution in [0.4, 0.5) is 0 Å². The van der Waals surface area contributed by atoms with Crippen LogP contribution in [0.15, 0.2) is 30.3 Å². The van der Waals surface area contributed by atoms with Crippen LogP contribution in [-0.2, 0) is 3.02 Å².